The van der Waals surface area contributed by atoms with Crippen LogP contribution in [0, 0.1) is 0 Å². The summed E-state index contributed by atoms with van der Waals surface area (Å²) in [5.74, 6) is 0.923. The minimum absolute atomic E-state index is 0.0579. The average Bonchev–Trinajstić information content (AvgIpc) is 2.77. The molecule has 0 saturated carbocycles. The molecule has 0 bridgehead atoms. The molecule has 0 amide bonds. The van der Waals surface area contributed by atoms with Gasteiger partial charge in [-0.1, -0.05) is 0 Å². The van der Waals surface area contributed by atoms with Gasteiger partial charge in [-0.15, -0.1) is 0 Å². The molecule has 0 radical (unpaired) electrons. The third-order valence-electron chi connectivity index (χ3n) is 2.53. The Kier molecular flexibility index (Phi) is 3.26. The van der Waals surface area contributed by atoms with E-state index >= 15 is 0 Å². The predicted molar refractivity (Wildman–Crippen MR) is 60.6 cm³/mol. The van der Waals surface area contributed by atoms with E-state index in [2.05, 4.69) is 15.1 Å². The van der Waals surface area contributed by atoms with E-state index in [4.69, 9.17) is 5.73 Å². The maximum absolute atomic E-state index is 6.10. The summed E-state index contributed by atoms with van der Waals surface area (Å²) in [5.41, 5.74) is 7.17. The fourth-order valence-electron chi connectivity index (χ4n) is 1.64. The number of nitrogens with two attached hydrogens (primary N) is 1. The Morgan fingerprint density at radius 2 is 2.12 bits per heavy atom. The third-order valence-corrected chi connectivity index (χ3v) is 2.53. The van der Waals surface area contributed by atoms with Crippen LogP contribution >= 0.6 is 0 Å². The van der Waals surface area contributed by atoms with Crippen LogP contribution in [0.15, 0.2) is 30.9 Å². The standard InChI is InChI=1S/C11H15N5/c1-2-16-11(14-8-15-16)7-10(12)9-3-5-13-6-4-9/h3-6,8,10H,2,7,12H2,1H3. The molecule has 0 aliphatic heterocycles. The van der Waals surface area contributed by atoms with Gasteiger partial charge in [0.25, 0.3) is 0 Å². The lowest BCUT2D eigenvalue weighted by Crippen LogP contribution is -2.16. The number of aryl methyl sites for hydroxylation is 1. The summed E-state index contributed by atoms with van der Waals surface area (Å²) in [6.07, 6.45) is 5.76. The molecule has 16 heavy (non-hydrogen) atoms. The highest BCUT2D eigenvalue weighted by Crippen LogP contribution is 2.13. The molecule has 0 aliphatic rings. The minimum atomic E-state index is -0.0579. The summed E-state index contributed by atoms with van der Waals surface area (Å²) in [6, 6.07) is 3.80. The number of rotatable bonds is 4. The van der Waals surface area contributed by atoms with Crippen molar-refractivity contribution in [2.75, 3.05) is 0 Å². The Morgan fingerprint density at radius 1 is 1.38 bits per heavy atom. The molecule has 2 aromatic rings. The fourth-order valence-corrected chi connectivity index (χ4v) is 1.64. The number of pyridine rings is 1. The molecular weight excluding hydrogens is 202 g/mol. The highest BCUT2D eigenvalue weighted by molar-refractivity contribution is 5.15. The van der Waals surface area contributed by atoms with Gasteiger partial charge in [-0.25, -0.2) is 4.98 Å². The Morgan fingerprint density at radius 3 is 2.81 bits per heavy atom. The molecule has 2 heterocycles. The van der Waals surface area contributed by atoms with E-state index in [1.807, 2.05) is 23.7 Å². The average molecular weight is 217 g/mol. The smallest absolute Gasteiger partial charge is 0.138 e. The van der Waals surface area contributed by atoms with E-state index < -0.39 is 0 Å². The van der Waals surface area contributed by atoms with Gasteiger partial charge in [0.1, 0.15) is 12.2 Å². The number of nitrogens with zero attached hydrogens (tertiary/aromatic N) is 4. The quantitative estimate of drug-likeness (QED) is 0.827. The lowest BCUT2D eigenvalue weighted by atomic mass is 10.1. The van der Waals surface area contributed by atoms with Crippen LogP contribution in [0.4, 0.5) is 0 Å². The van der Waals surface area contributed by atoms with Crippen LogP contribution in [0.3, 0.4) is 0 Å². The Bertz CT molecular complexity index is 437. The third kappa shape index (κ3) is 2.25. The van der Waals surface area contributed by atoms with Gasteiger partial charge in [0.2, 0.25) is 0 Å². The normalized spacial score (nSPS) is 12.6. The Balaban J connectivity index is 2.11. The molecule has 0 aromatic carbocycles. The molecule has 5 nitrogen and oxygen atoms in total. The van der Waals surface area contributed by atoms with E-state index in [0.29, 0.717) is 6.42 Å². The second-order valence-corrected chi connectivity index (χ2v) is 3.58. The van der Waals surface area contributed by atoms with Crippen molar-refractivity contribution in [2.45, 2.75) is 25.9 Å². The lowest BCUT2D eigenvalue weighted by molar-refractivity contribution is 0.581. The molecular formula is C11H15N5. The first-order valence-corrected chi connectivity index (χ1v) is 5.33. The zero-order chi connectivity index (χ0) is 11.4. The summed E-state index contributed by atoms with van der Waals surface area (Å²) in [4.78, 5) is 8.18. The van der Waals surface area contributed by atoms with Crippen LogP contribution in [0.25, 0.3) is 0 Å². The van der Waals surface area contributed by atoms with Crippen LogP contribution in [0.2, 0.25) is 0 Å². The van der Waals surface area contributed by atoms with Crippen molar-refractivity contribution >= 4 is 0 Å². The molecule has 0 saturated heterocycles. The van der Waals surface area contributed by atoms with E-state index in [0.717, 1.165) is 17.9 Å². The van der Waals surface area contributed by atoms with Crippen LogP contribution in [0.5, 0.6) is 0 Å². The van der Waals surface area contributed by atoms with Gasteiger partial charge in [-0.05, 0) is 24.6 Å². The van der Waals surface area contributed by atoms with Crippen molar-refractivity contribution in [3.63, 3.8) is 0 Å². The molecule has 2 N–H and O–H groups in total. The van der Waals surface area contributed by atoms with Gasteiger partial charge >= 0.3 is 0 Å². The van der Waals surface area contributed by atoms with Gasteiger partial charge in [0, 0.05) is 31.4 Å². The molecule has 0 fully saturated rings. The molecule has 84 valence electrons. The SMILES string of the molecule is CCn1ncnc1CC(N)c1ccncc1. The van der Waals surface area contributed by atoms with Crippen molar-refractivity contribution in [1.82, 2.24) is 19.7 Å². The summed E-state index contributed by atoms with van der Waals surface area (Å²) in [5, 5.41) is 4.12. The largest absolute Gasteiger partial charge is 0.324 e. The maximum atomic E-state index is 6.10. The fraction of sp³-hybridized carbons (Fsp3) is 0.364. The van der Waals surface area contributed by atoms with Crippen molar-refractivity contribution in [3.05, 3.63) is 42.2 Å². The number of hydrogen-bond donors (Lipinski definition) is 1. The van der Waals surface area contributed by atoms with Gasteiger partial charge < -0.3 is 5.73 Å². The van der Waals surface area contributed by atoms with Crippen LogP contribution in [0.1, 0.15) is 24.4 Å². The van der Waals surface area contributed by atoms with Crippen LogP contribution in [-0.2, 0) is 13.0 Å². The first-order chi connectivity index (χ1) is 7.81. The highest BCUT2D eigenvalue weighted by atomic mass is 15.3. The van der Waals surface area contributed by atoms with Crippen LogP contribution in [-0.4, -0.2) is 19.7 Å². The van der Waals surface area contributed by atoms with E-state index in [-0.39, 0.29) is 6.04 Å². The molecule has 2 rings (SSSR count). The molecule has 0 aliphatic carbocycles. The van der Waals surface area contributed by atoms with Crippen molar-refractivity contribution < 1.29 is 0 Å². The minimum Gasteiger partial charge on any atom is -0.324 e. The topological polar surface area (TPSA) is 69.6 Å². The summed E-state index contributed by atoms with van der Waals surface area (Å²) < 4.78 is 1.86. The number of aromatic nitrogens is 4. The molecule has 2 aromatic heterocycles. The van der Waals surface area contributed by atoms with Crippen molar-refractivity contribution in [1.29, 1.82) is 0 Å². The van der Waals surface area contributed by atoms with Gasteiger partial charge in [-0.3, -0.25) is 9.67 Å². The second-order valence-electron chi connectivity index (χ2n) is 3.58. The zero-order valence-electron chi connectivity index (χ0n) is 9.24. The Hall–Kier alpha value is -1.75. The van der Waals surface area contributed by atoms with E-state index in [1.165, 1.54) is 0 Å². The van der Waals surface area contributed by atoms with E-state index in [9.17, 15) is 0 Å². The number of hydrogen-bond acceptors (Lipinski definition) is 4. The van der Waals surface area contributed by atoms with Crippen molar-refractivity contribution in [2.24, 2.45) is 5.73 Å². The predicted octanol–water partition coefficient (Wildman–Crippen LogP) is 0.935. The van der Waals surface area contributed by atoms with Gasteiger partial charge in [0.05, 0.1) is 0 Å². The van der Waals surface area contributed by atoms with Crippen molar-refractivity contribution in [3.8, 4) is 0 Å². The monoisotopic (exact) mass is 217 g/mol. The van der Waals surface area contributed by atoms with Crippen LogP contribution < -0.4 is 5.73 Å². The molecule has 1 unspecified atom stereocenters. The highest BCUT2D eigenvalue weighted by Gasteiger charge is 2.10. The summed E-state index contributed by atoms with van der Waals surface area (Å²) >= 11 is 0. The lowest BCUT2D eigenvalue weighted by Gasteiger charge is -2.11. The molecule has 5 heteroatoms. The first kappa shape index (κ1) is 10.8. The summed E-state index contributed by atoms with van der Waals surface area (Å²) in [6.45, 7) is 2.86. The van der Waals surface area contributed by atoms with E-state index in [1.54, 1.807) is 18.7 Å². The van der Waals surface area contributed by atoms with Gasteiger partial charge in [0.15, 0.2) is 0 Å². The second kappa shape index (κ2) is 4.85. The maximum Gasteiger partial charge on any atom is 0.138 e. The zero-order valence-corrected chi connectivity index (χ0v) is 9.24. The van der Waals surface area contributed by atoms with Gasteiger partial charge in [-0.2, -0.15) is 5.10 Å². The molecule has 1 atom stereocenters. The molecule has 0 spiro atoms. The Labute approximate surface area is 94.3 Å². The summed E-state index contributed by atoms with van der Waals surface area (Å²) in [7, 11) is 0. The first-order valence-electron chi connectivity index (χ1n) is 5.33.